The number of likely N-dealkylation sites (N-methyl/N-ethyl adjacent to an activating group) is 1. The molecule has 0 unspecified atom stereocenters. The Morgan fingerprint density at radius 3 is 2.33 bits per heavy atom. The molecule has 3 aromatic rings. The largest absolute Gasteiger partial charge is 0.497 e. The van der Waals surface area contributed by atoms with Crippen LogP contribution in [-0.2, 0) is 16.8 Å². The average Bonchev–Trinajstić information content (AvgIpc) is 3.22. The first-order chi connectivity index (χ1) is 15.7. The zero-order chi connectivity index (χ0) is 24.0. The van der Waals surface area contributed by atoms with Crippen LogP contribution in [0.4, 0.5) is 10.6 Å². The monoisotopic (exact) mass is 449 g/mol. The molecule has 0 saturated heterocycles. The Morgan fingerprint density at radius 2 is 1.73 bits per heavy atom. The first kappa shape index (κ1) is 23.8. The smallest absolute Gasteiger partial charge is 0.317 e. The quantitative estimate of drug-likeness (QED) is 0.572. The highest BCUT2D eigenvalue weighted by atomic mass is 16.5. The Bertz CT molecular complexity index is 1090. The van der Waals surface area contributed by atoms with Crippen LogP contribution in [0.15, 0.2) is 60.7 Å². The van der Waals surface area contributed by atoms with E-state index in [1.807, 2.05) is 60.7 Å². The summed E-state index contributed by atoms with van der Waals surface area (Å²) in [5.74, 6) is 0.950. The van der Waals surface area contributed by atoms with Crippen molar-refractivity contribution in [2.45, 2.75) is 32.7 Å². The highest BCUT2D eigenvalue weighted by Gasteiger charge is 2.22. The first-order valence-electron chi connectivity index (χ1n) is 10.7. The summed E-state index contributed by atoms with van der Waals surface area (Å²) in [6, 6.07) is 18.6. The van der Waals surface area contributed by atoms with Crippen LogP contribution >= 0.6 is 0 Å². The molecule has 0 radical (unpaired) electrons. The van der Waals surface area contributed by atoms with Gasteiger partial charge in [-0.2, -0.15) is 5.10 Å². The molecular formula is C25H31N5O3. The van der Waals surface area contributed by atoms with Crippen LogP contribution in [0.1, 0.15) is 32.0 Å². The lowest BCUT2D eigenvalue weighted by Gasteiger charge is -2.18. The second-order valence-electron chi connectivity index (χ2n) is 8.82. The van der Waals surface area contributed by atoms with Crippen LogP contribution in [0.25, 0.3) is 5.69 Å². The topological polar surface area (TPSA) is 88.5 Å². The summed E-state index contributed by atoms with van der Waals surface area (Å²) in [5, 5.41) is 10.4. The molecule has 0 bridgehead atoms. The van der Waals surface area contributed by atoms with Crippen molar-refractivity contribution in [1.29, 1.82) is 0 Å². The summed E-state index contributed by atoms with van der Waals surface area (Å²) >= 11 is 0. The van der Waals surface area contributed by atoms with Gasteiger partial charge in [-0.3, -0.25) is 4.79 Å². The maximum absolute atomic E-state index is 12.8. The van der Waals surface area contributed by atoms with Gasteiger partial charge in [0.1, 0.15) is 18.1 Å². The molecule has 0 aliphatic heterocycles. The van der Waals surface area contributed by atoms with Crippen molar-refractivity contribution >= 4 is 17.8 Å². The highest BCUT2D eigenvalue weighted by molar-refractivity contribution is 5.94. The summed E-state index contributed by atoms with van der Waals surface area (Å²) < 4.78 is 6.92. The number of hydrogen-bond donors (Lipinski definition) is 2. The van der Waals surface area contributed by atoms with Crippen molar-refractivity contribution in [3.63, 3.8) is 0 Å². The van der Waals surface area contributed by atoms with Crippen molar-refractivity contribution < 1.29 is 14.3 Å². The van der Waals surface area contributed by atoms with E-state index in [2.05, 4.69) is 31.4 Å². The Hall–Kier alpha value is -3.81. The van der Waals surface area contributed by atoms with E-state index in [1.54, 1.807) is 18.8 Å². The van der Waals surface area contributed by atoms with Crippen LogP contribution in [0.3, 0.4) is 0 Å². The number of aromatic nitrogens is 2. The molecule has 8 nitrogen and oxygen atoms in total. The van der Waals surface area contributed by atoms with Gasteiger partial charge in [-0.05, 0) is 29.8 Å². The molecule has 0 atom stereocenters. The number of carbonyl (C=O) groups excluding carboxylic acids is 2. The van der Waals surface area contributed by atoms with E-state index >= 15 is 0 Å². The number of urea groups is 1. The van der Waals surface area contributed by atoms with Gasteiger partial charge < -0.3 is 20.3 Å². The molecule has 0 saturated carbocycles. The fraction of sp³-hybridized carbons (Fsp3) is 0.320. The van der Waals surface area contributed by atoms with Crippen molar-refractivity contribution in [3.05, 3.63) is 71.9 Å². The SMILES string of the molecule is COc1ccc(-n2nc(C(C)(C)C)cc2NC(=O)CN(C)C(=O)NCc2ccccc2)cc1. The second kappa shape index (κ2) is 10.2. The van der Waals surface area contributed by atoms with E-state index < -0.39 is 0 Å². The molecule has 174 valence electrons. The van der Waals surface area contributed by atoms with Crippen molar-refractivity contribution in [2.75, 3.05) is 26.0 Å². The summed E-state index contributed by atoms with van der Waals surface area (Å²) in [5.41, 5.74) is 2.41. The standard InChI is InChI=1S/C25H31N5O3/c1-25(2,3)21-15-22(30(28-21)19-11-13-20(33-5)14-12-19)27-23(31)17-29(4)24(32)26-16-18-9-7-6-8-10-18/h6-15H,16-17H2,1-5H3,(H,26,32)(H,27,31). The van der Waals surface area contributed by atoms with Crippen LogP contribution < -0.4 is 15.4 Å². The van der Waals surface area contributed by atoms with Gasteiger partial charge in [-0.1, -0.05) is 51.1 Å². The van der Waals surface area contributed by atoms with Gasteiger partial charge in [-0.25, -0.2) is 9.48 Å². The molecule has 0 fully saturated rings. The molecule has 8 heteroatoms. The lowest BCUT2D eigenvalue weighted by molar-refractivity contribution is -0.116. The van der Waals surface area contributed by atoms with Gasteiger partial charge in [0, 0.05) is 25.1 Å². The number of anilines is 1. The third kappa shape index (κ3) is 6.35. The Labute approximate surface area is 194 Å². The van der Waals surface area contributed by atoms with E-state index in [0.29, 0.717) is 12.4 Å². The lowest BCUT2D eigenvalue weighted by Crippen LogP contribution is -2.41. The lowest BCUT2D eigenvalue weighted by atomic mass is 9.92. The Balaban J connectivity index is 1.69. The third-order valence-corrected chi connectivity index (χ3v) is 5.08. The number of carbonyl (C=O) groups is 2. The molecule has 0 aliphatic rings. The predicted molar refractivity (Wildman–Crippen MR) is 129 cm³/mol. The number of methoxy groups -OCH3 is 1. The molecule has 1 aromatic heterocycles. The minimum atomic E-state index is -0.326. The number of benzene rings is 2. The number of amides is 3. The van der Waals surface area contributed by atoms with Gasteiger partial charge in [0.25, 0.3) is 0 Å². The molecule has 2 aromatic carbocycles. The van der Waals surface area contributed by atoms with Crippen LogP contribution in [0.2, 0.25) is 0 Å². The average molecular weight is 450 g/mol. The van der Waals surface area contributed by atoms with Crippen LogP contribution in [0, 0.1) is 0 Å². The van der Waals surface area contributed by atoms with E-state index in [9.17, 15) is 9.59 Å². The minimum absolute atomic E-state index is 0.0979. The van der Waals surface area contributed by atoms with E-state index in [4.69, 9.17) is 9.84 Å². The summed E-state index contributed by atoms with van der Waals surface area (Å²) in [4.78, 5) is 26.5. The fourth-order valence-electron chi connectivity index (χ4n) is 3.13. The first-order valence-corrected chi connectivity index (χ1v) is 10.7. The maximum atomic E-state index is 12.8. The Morgan fingerprint density at radius 1 is 1.06 bits per heavy atom. The molecule has 0 aliphatic carbocycles. The van der Waals surface area contributed by atoms with Gasteiger partial charge in [0.2, 0.25) is 5.91 Å². The van der Waals surface area contributed by atoms with Gasteiger partial charge >= 0.3 is 6.03 Å². The molecule has 33 heavy (non-hydrogen) atoms. The van der Waals surface area contributed by atoms with E-state index in [0.717, 1.165) is 22.7 Å². The fourth-order valence-corrected chi connectivity index (χ4v) is 3.13. The summed E-state index contributed by atoms with van der Waals surface area (Å²) in [7, 11) is 3.19. The van der Waals surface area contributed by atoms with Crippen LogP contribution in [0.5, 0.6) is 5.75 Å². The Kier molecular flexibility index (Phi) is 7.37. The molecule has 3 rings (SSSR count). The molecule has 3 amide bonds. The van der Waals surface area contributed by atoms with Gasteiger partial charge in [0.05, 0.1) is 18.5 Å². The van der Waals surface area contributed by atoms with Crippen molar-refractivity contribution in [2.24, 2.45) is 0 Å². The number of nitrogens with zero attached hydrogens (tertiary/aromatic N) is 3. The number of rotatable bonds is 7. The van der Waals surface area contributed by atoms with E-state index in [-0.39, 0.29) is 23.9 Å². The zero-order valence-corrected chi connectivity index (χ0v) is 19.8. The van der Waals surface area contributed by atoms with Crippen molar-refractivity contribution in [1.82, 2.24) is 20.0 Å². The summed E-state index contributed by atoms with van der Waals surface area (Å²) in [6.07, 6.45) is 0. The molecule has 1 heterocycles. The third-order valence-electron chi connectivity index (χ3n) is 5.08. The van der Waals surface area contributed by atoms with Crippen LogP contribution in [-0.4, -0.2) is 47.3 Å². The predicted octanol–water partition coefficient (Wildman–Crippen LogP) is 3.96. The van der Waals surface area contributed by atoms with E-state index in [1.165, 1.54) is 4.90 Å². The van der Waals surface area contributed by atoms with Gasteiger partial charge in [-0.15, -0.1) is 0 Å². The number of ether oxygens (including phenoxy) is 1. The highest BCUT2D eigenvalue weighted by Crippen LogP contribution is 2.27. The van der Waals surface area contributed by atoms with Crippen molar-refractivity contribution in [3.8, 4) is 11.4 Å². The summed E-state index contributed by atoms with van der Waals surface area (Å²) in [6.45, 7) is 6.47. The second-order valence-corrected chi connectivity index (χ2v) is 8.82. The maximum Gasteiger partial charge on any atom is 0.317 e. The molecular weight excluding hydrogens is 418 g/mol. The zero-order valence-electron chi connectivity index (χ0n) is 19.8. The number of hydrogen-bond acceptors (Lipinski definition) is 4. The minimum Gasteiger partial charge on any atom is -0.497 e. The normalized spacial score (nSPS) is 11.1. The van der Waals surface area contributed by atoms with Gasteiger partial charge in [0.15, 0.2) is 0 Å². The molecule has 2 N–H and O–H groups in total. The molecule has 0 spiro atoms. The number of nitrogens with one attached hydrogen (secondary N) is 2.